The number of anilines is 2. The number of carbonyl (C=O) groups is 2. The van der Waals surface area contributed by atoms with E-state index in [1.165, 1.54) is 0 Å². The smallest absolute Gasteiger partial charge is 0.255 e. The predicted molar refractivity (Wildman–Crippen MR) is 168 cm³/mol. The van der Waals surface area contributed by atoms with Crippen LogP contribution in [0.2, 0.25) is 18.6 Å². The highest BCUT2D eigenvalue weighted by Gasteiger charge is 2.48. The standard InChI is InChI=1S/C33H41N3O6Si/c1-20-31(41-2)27-16-25(35-33(39)21-9-11-24(34)12-10-21)13-14-28(27)42-32(20)29(43(3,4)40)17-30(38)36-18-23-8-6-5-7-22(23)15-26(36)19-37/h5-14,16,20,26,29,31-32,37,40H,15,17-19,34H2,1-4H3,(H,35,39)/t20-,26+,29?,31-,32-/m1/s1. The van der Waals surface area contributed by atoms with Crippen LogP contribution in [-0.4, -0.2) is 60.8 Å². The summed E-state index contributed by atoms with van der Waals surface area (Å²) in [6.07, 6.45) is -0.170. The Morgan fingerprint density at radius 2 is 1.81 bits per heavy atom. The summed E-state index contributed by atoms with van der Waals surface area (Å²) >= 11 is 0. The first kappa shape index (κ1) is 30.7. The Balaban J connectivity index is 1.37. The third-order valence-corrected chi connectivity index (χ3v) is 11.2. The number of nitrogens with one attached hydrogen (secondary N) is 1. The molecule has 0 aliphatic carbocycles. The lowest BCUT2D eigenvalue weighted by Gasteiger charge is -2.44. The molecule has 0 saturated heterocycles. The summed E-state index contributed by atoms with van der Waals surface area (Å²) in [6, 6.07) is 19.8. The summed E-state index contributed by atoms with van der Waals surface area (Å²) in [6.45, 7) is 5.98. The Hall–Kier alpha value is -3.70. The Morgan fingerprint density at radius 3 is 2.47 bits per heavy atom. The van der Waals surface area contributed by atoms with Crippen molar-refractivity contribution < 1.29 is 29.0 Å². The third kappa shape index (κ3) is 6.47. The quantitative estimate of drug-likeness (QED) is 0.220. The van der Waals surface area contributed by atoms with E-state index in [-0.39, 0.29) is 42.9 Å². The number of ether oxygens (including phenoxy) is 2. The van der Waals surface area contributed by atoms with E-state index in [1.807, 2.05) is 50.3 Å². The van der Waals surface area contributed by atoms with Gasteiger partial charge in [-0.2, -0.15) is 0 Å². The van der Waals surface area contributed by atoms with Crippen LogP contribution in [-0.2, 0) is 22.5 Å². The van der Waals surface area contributed by atoms with Crippen molar-refractivity contribution in [3.05, 3.63) is 89.0 Å². The van der Waals surface area contributed by atoms with Gasteiger partial charge in [-0.3, -0.25) is 9.59 Å². The van der Waals surface area contributed by atoms with E-state index in [9.17, 15) is 19.5 Å². The predicted octanol–water partition coefficient (Wildman–Crippen LogP) is 4.51. The summed E-state index contributed by atoms with van der Waals surface area (Å²) < 4.78 is 12.5. The fourth-order valence-electron chi connectivity index (χ4n) is 6.41. The molecule has 2 amide bonds. The topological polar surface area (TPSA) is 134 Å². The largest absolute Gasteiger partial charge is 0.490 e. The van der Waals surface area contributed by atoms with Crippen molar-refractivity contribution in [1.82, 2.24) is 4.90 Å². The van der Waals surface area contributed by atoms with Crippen molar-refractivity contribution in [2.45, 2.75) is 63.2 Å². The first-order valence-electron chi connectivity index (χ1n) is 14.7. The van der Waals surface area contributed by atoms with Crippen LogP contribution in [0.3, 0.4) is 0 Å². The minimum atomic E-state index is -2.94. The number of benzene rings is 3. The van der Waals surface area contributed by atoms with Crippen LogP contribution >= 0.6 is 0 Å². The molecule has 0 radical (unpaired) electrons. The number of nitrogens with two attached hydrogens (primary N) is 1. The lowest BCUT2D eigenvalue weighted by molar-refractivity contribution is -0.136. The highest BCUT2D eigenvalue weighted by molar-refractivity contribution is 6.71. The molecular formula is C33H41N3O6Si. The van der Waals surface area contributed by atoms with Gasteiger partial charge in [0, 0.05) is 54.0 Å². The van der Waals surface area contributed by atoms with Crippen molar-refractivity contribution >= 4 is 31.5 Å². The molecule has 43 heavy (non-hydrogen) atoms. The van der Waals surface area contributed by atoms with E-state index in [0.29, 0.717) is 35.7 Å². The van der Waals surface area contributed by atoms with Gasteiger partial charge in [-0.1, -0.05) is 31.2 Å². The minimum absolute atomic E-state index is 0.102. The van der Waals surface area contributed by atoms with Crippen molar-refractivity contribution in [2.24, 2.45) is 5.92 Å². The zero-order chi connectivity index (χ0) is 30.9. The molecule has 10 heteroatoms. The average Bonchev–Trinajstić information content (AvgIpc) is 2.98. The minimum Gasteiger partial charge on any atom is -0.490 e. The zero-order valence-corrected chi connectivity index (χ0v) is 26.1. The molecule has 0 aromatic heterocycles. The van der Waals surface area contributed by atoms with Crippen molar-refractivity contribution in [1.29, 1.82) is 0 Å². The van der Waals surface area contributed by atoms with E-state index in [0.717, 1.165) is 16.7 Å². The van der Waals surface area contributed by atoms with E-state index < -0.39 is 20.0 Å². The fourth-order valence-corrected chi connectivity index (χ4v) is 8.26. The molecule has 1 unspecified atom stereocenters. The van der Waals surface area contributed by atoms with Crippen LogP contribution in [0.1, 0.15) is 46.5 Å². The van der Waals surface area contributed by atoms with Gasteiger partial charge in [-0.05, 0) is 73.1 Å². The molecule has 3 aromatic rings. The number of amides is 2. The number of aliphatic hydroxyl groups is 1. The van der Waals surface area contributed by atoms with E-state index >= 15 is 0 Å². The number of nitrogens with zero attached hydrogens (tertiary/aromatic N) is 1. The molecule has 2 aliphatic rings. The number of methoxy groups -OCH3 is 1. The summed E-state index contributed by atoms with van der Waals surface area (Å²) in [7, 11) is -1.31. The number of nitrogen functional groups attached to an aromatic ring is 1. The van der Waals surface area contributed by atoms with Crippen molar-refractivity contribution in [3.63, 3.8) is 0 Å². The maximum atomic E-state index is 13.9. The maximum absolute atomic E-state index is 13.9. The summed E-state index contributed by atoms with van der Waals surface area (Å²) in [5.74, 6) is 0.0263. The molecule has 5 rings (SSSR count). The van der Waals surface area contributed by atoms with Crippen LogP contribution < -0.4 is 15.8 Å². The first-order chi connectivity index (χ1) is 20.5. The lowest BCUT2D eigenvalue weighted by Crippen LogP contribution is -2.52. The molecule has 2 heterocycles. The number of hydrogen-bond donors (Lipinski definition) is 4. The van der Waals surface area contributed by atoms with Crippen molar-refractivity contribution in [2.75, 3.05) is 24.8 Å². The molecule has 0 fully saturated rings. The molecule has 228 valence electrons. The molecule has 0 bridgehead atoms. The van der Waals surface area contributed by atoms with Crippen LogP contribution in [0.25, 0.3) is 0 Å². The highest BCUT2D eigenvalue weighted by atomic mass is 28.4. The zero-order valence-electron chi connectivity index (χ0n) is 25.1. The third-order valence-electron chi connectivity index (χ3n) is 8.84. The van der Waals surface area contributed by atoms with Gasteiger partial charge in [0.2, 0.25) is 5.91 Å². The Bertz CT molecular complexity index is 1470. The number of rotatable bonds is 8. The summed E-state index contributed by atoms with van der Waals surface area (Å²) in [5, 5.41) is 13.1. The van der Waals surface area contributed by atoms with Gasteiger partial charge in [0.25, 0.3) is 5.91 Å². The Kier molecular flexibility index (Phi) is 8.93. The highest BCUT2D eigenvalue weighted by Crippen LogP contribution is 2.47. The maximum Gasteiger partial charge on any atom is 0.255 e. The SMILES string of the molecule is CO[C@H]1c2cc(NC(=O)c3ccc(N)cc3)ccc2O[C@@H](C(CC(=O)N2Cc3ccccc3C[C@H]2CO)[Si](C)(C)O)[C@@H]1C. The average molecular weight is 604 g/mol. The lowest BCUT2D eigenvalue weighted by atomic mass is 9.86. The van der Waals surface area contributed by atoms with Gasteiger partial charge in [0.15, 0.2) is 8.32 Å². The molecule has 0 saturated carbocycles. The van der Waals surface area contributed by atoms with Crippen LogP contribution in [0.4, 0.5) is 11.4 Å². The van der Waals surface area contributed by atoms with Crippen LogP contribution in [0.5, 0.6) is 5.75 Å². The summed E-state index contributed by atoms with van der Waals surface area (Å²) in [5.41, 5.74) is 10.00. The molecular weight excluding hydrogens is 562 g/mol. The monoisotopic (exact) mass is 603 g/mol. The number of aliphatic hydroxyl groups excluding tert-OH is 1. The Morgan fingerprint density at radius 1 is 1.12 bits per heavy atom. The normalized spacial score (nSPS) is 22.1. The molecule has 5 N–H and O–H groups in total. The van der Waals surface area contributed by atoms with E-state index in [1.54, 1.807) is 48.4 Å². The molecule has 9 nitrogen and oxygen atoms in total. The van der Waals surface area contributed by atoms with Gasteiger partial charge < -0.3 is 35.3 Å². The van der Waals surface area contributed by atoms with Crippen LogP contribution in [0.15, 0.2) is 66.7 Å². The molecule has 2 aliphatic heterocycles. The fraction of sp³-hybridized carbons (Fsp3) is 0.394. The van der Waals surface area contributed by atoms with Gasteiger partial charge in [-0.15, -0.1) is 0 Å². The number of carbonyl (C=O) groups excluding carboxylic acids is 2. The molecule has 5 atom stereocenters. The van der Waals surface area contributed by atoms with Gasteiger partial charge in [0.05, 0.1) is 18.8 Å². The second kappa shape index (κ2) is 12.5. The van der Waals surface area contributed by atoms with Gasteiger partial charge >= 0.3 is 0 Å². The van der Waals surface area contributed by atoms with Gasteiger partial charge in [-0.25, -0.2) is 0 Å². The summed E-state index contributed by atoms with van der Waals surface area (Å²) in [4.78, 5) is 39.9. The van der Waals surface area contributed by atoms with Crippen LogP contribution in [0, 0.1) is 5.92 Å². The van der Waals surface area contributed by atoms with E-state index in [4.69, 9.17) is 15.2 Å². The van der Waals surface area contributed by atoms with E-state index in [2.05, 4.69) is 5.32 Å². The number of hydrogen-bond acceptors (Lipinski definition) is 7. The molecule has 0 spiro atoms. The van der Waals surface area contributed by atoms with Crippen molar-refractivity contribution in [3.8, 4) is 5.75 Å². The Labute approximate surface area is 253 Å². The molecule has 3 aromatic carbocycles. The number of fused-ring (bicyclic) bond motifs is 2. The first-order valence-corrected chi connectivity index (χ1v) is 17.7. The van der Waals surface area contributed by atoms with Gasteiger partial charge in [0.1, 0.15) is 11.9 Å². The second-order valence-electron chi connectivity index (χ2n) is 12.2. The second-order valence-corrected chi connectivity index (χ2v) is 16.3.